The van der Waals surface area contributed by atoms with Gasteiger partial charge in [0.1, 0.15) is 0 Å². The molecule has 0 spiro atoms. The number of rotatable bonds is 1. The van der Waals surface area contributed by atoms with Crippen molar-refractivity contribution in [3.63, 3.8) is 0 Å². The predicted molar refractivity (Wildman–Crippen MR) is 77.3 cm³/mol. The third-order valence-corrected chi connectivity index (χ3v) is 5.67. The van der Waals surface area contributed by atoms with E-state index >= 15 is 0 Å². The van der Waals surface area contributed by atoms with Crippen LogP contribution in [0, 0.1) is 5.41 Å². The minimum absolute atomic E-state index is 0. The Morgan fingerprint density at radius 1 is 1.21 bits per heavy atom. The Kier molecular flexibility index (Phi) is 5.65. The summed E-state index contributed by atoms with van der Waals surface area (Å²) in [4.78, 5) is 14.3. The van der Waals surface area contributed by atoms with Crippen molar-refractivity contribution in [2.75, 3.05) is 37.7 Å². The van der Waals surface area contributed by atoms with E-state index in [2.05, 4.69) is 5.32 Å². The monoisotopic (exact) mass is 310 g/mol. The largest absolute Gasteiger partial charge is 0.341 e. The van der Waals surface area contributed by atoms with Crippen molar-refractivity contribution in [2.24, 2.45) is 5.41 Å². The molecular weight excluding hydrogens is 288 g/mol. The minimum atomic E-state index is -2.95. The van der Waals surface area contributed by atoms with Crippen molar-refractivity contribution in [3.8, 4) is 0 Å². The molecule has 5 nitrogen and oxygen atoms in total. The Bertz CT molecular complexity index is 419. The molecular formula is C12H23ClN2O3S. The second-order valence-electron chi connectivity index (χ2n) is 5.64. The van der Waals surface area contributed by atoms with E-state index < -0.39 is 9.84 Å². The Labute approximate surface area is 121 Å². The van der Waals surface area contributed by atoms with Crippen LogP contribution >= 0.6 is 12.4 Å². The summed E-state index contributed by atoms with van der Waals surface area (Å²) in [6.07, 6.45) is 2.47. The van der Waals surface area contributed by atoms with Crippen LogP contribution in [0.15, 0.2) is 0 Å². The second kappa shape index (κ2) is 6.41. The van der Waals surface area contributed by atoms with Gasteiger partial charge in [-0.15, -0.1) is 12.4 Å². The predicted octanol–water partition coefficient (Wildman–Crippen LogP) is 0.445. The molecule has 2 fully saturated rings. The van der Waals surface area contributed by atoms with Crippen molar-refractivity contribution in [1.82, 2.24) is 10.2 Å². The van der Waals surface area contributed by atoms with E-state index in [1.165, 1.54) is 0 Å². The van der Waals surface area contributed by atoms with E-state index in [-0.39, 0.29) is 35.2 Å². The smallest absolute Gasteiger partial charge is 0.229 e. The quantitative estimate of drug-likeness (QED) is 0.763. The van der Waals surface area contributed by atoms with Gasteiger partial charge in [-0.05, 0) is 32.7 Å². The Morgan fingerprint density at radius 3 is 2.58 bits per heavy atom. The lowest BCUT2D eigenvalue weighted by molar-refractivity contribution is -0.141. The summed E-state index contributed by atoms with van der Waals surface area (Å²) in [6, 6.07) is 0. The van der Waals surface area contributed by atoms with Crippen molar-refractivity contribution >= 4 is 28.2 Å². The zero-order valence-electron chi connectivity index (χ0n) is 11.4. The molecule has 2 rings (SSSR count). The van der Waals surface area contributed by atoms with Crippen LogP contribution in [0.4, 0.5) is 0 Å². The molecule has 0 saturated carbocycles. The van der Waals surface area contributed by atoms with Crippen molar-refractivity contribution < 1.29 is 13.2 Å². The first kappa shape index (κ1) is 16.7. The van der Waals surface area contributed by atoms with Gasteiger partial charge in [-0.1, -0.05) is 0 Å². The third-order valence-electron chi connectivity index (χ3n) is 3.96. The highest BCUT2D eigenvalue weighted by Crippen LogP contribution is 2.28. The van der Waals surface area contributed by atoms with Crippen LogP contribution in [0.1, 0.15) is 26.2 Å². The van der Waals surface area contributed by atoms with Crippen molar-refractivity contribution in [1.29, 1.82) is 0 Å². The summed E-state index contributed by atoms with van der Waals surface area (Å²) in [6.45, 7) is 4.59. The van der Waals surface area contributed by atoms with E-state index in [1.54, 1.807) is 4.90 Å². The molecule has 2 heterocycles. The lowest BCUT2D eigenvalue weighted by Crippen LogP contribution is -2.50. The number of amides is 1. The molecule has 1 N–H and O–H groups in total. The fourth-order valence-corrected chi connectivity index (χ4v) is 4.03. The maximum atomic E-state index is 12.5. The number of nitrogens with zero attached hydrogens (tertiary/aromatic N) is 1. The fraction of sp³-hybridized carbons (Fsp3) is 0.917. The van der Waals surface area contributed by atoms with E-state index in [9.17, 15) is 13.2 Å². The second-order valence-corrected chi connectivity index (χ2v) is 7.94. The van der Waals surface area contributed by atoms with Crippen molar-refractivity contribution in [2.45, 2.75) is 26.2 Å². The normalized spacial score (nSPS) is 31.1. The number of hydrogen-bond donors (Lipinski definition) is 1. The van der Waals surface area contributed by atoms with E-state index in [4.69, 9.17) is 0 Å². The Hall–Kier alpha value is -0.330. The van der Waals surface area contributed by atoms with Crippen LogP contribution in [-0.4, -0.2) is 56.9 Å². The Balaban J connectivity index is 0.00000180. The molecule has 0 bridgehead atoms. The molecule has 0 radical (unpaired) electrons. The van der Waals surface area contributed by atoms with Crippen molar-refractivity contribution in [3.05, 3.63) is 0 Å². The maximum Gasteiger partial charge on any atom is 0.229 e. The number of carbonyl (C=O) groups is 1. The average molecular weight is 311 g/mol. The summed E-state index contributed by atoms with van der Waals surface area (Å²) >= 11 is 0. The standard InChI is InChI=1S/C12H22N2O3S.ClH/c1-12(4-2-5-13-10-12)11(15)14-6-3-8-18(16,17)9-7-14;/h13H,2-10H2,1H3;1H. The molecule has 1 unspecified atom stereocenters. The van der Waals surface area contributed by atoms with E-state index in [0.29, 0.717) is 26.1 Å². The summed E-state index contributed by atoms with van der Waals surface area (Å²) in [5, 5.41) is 3.26. The van der Waals surface area contributed by atoms with Crippen LogP contribution in [0.5, 0.6) is 0 Å². The zero-order chi connectivity index (χ0) is 13.2. The van der Waals surface area contributed by atoms with Gasteiger partial charge in [0.15, 0.2) is 9.84 Å². The molecule has 1 atom stereocenters. The van der Waals surface area contributed by atoms with Gasteiger partial charge in [0.2, 0.25) is 5.91 Å². The van der Waals surface area contributed by atoms with Gasteiger partial charge in [0, 0.05) is 19.6 Å². The van der Waals surface area contributed by atoms with Gasteiger partial charge in [0.05, 0.1) is 16.9 Å². The van der Waals surface area contributed by atoms with Gasteiger partial charge in [-0.3, -0.25) is 4.79 Å². The van der Waals surface area contributed by atoms with Gasteiger partial charge in [-0.2, -0.15) is 0 Å². The topological polar surface area (TPSA) is 66.5 Å². The first-order valence-electron chi connectivity index (χ1n) is 6.64. The number of nitrogens with one attached hydrogen (secondary N) is 1. The molecule has 0 aromatic rings. The molecule has 112 valence electrons. The molecule has 2 saturated heterocycles. The summed E-state index contributed by atoms with van der Waals surface area (Å²) in [5.41, 5.74) is -0.355. The summed E-state index contributed by atoms with van der Waals surface area (Å²) in [5.74, 6) is 0.445. The molecule has 7 heteroatoms. The van der Waals surface area contributed by atoms with Crippen LogP contribution in [0.3, 0.4) is 0 Å². The van der Waals surface area contributed by atoms with Crippen LogP contribution in [-0.2, 0) is 14.6 Å². The van der Waals surface area contributed by atoms with Gasteiger partial charge in [-0.25, -0.2) is 8.42 Å². The van der Waals surface area contributed by atoms with E-state index in [0.717, 1.165) is 19.4 Å². The average Bonchev–Trinajstić information content (AvgIpc) is 2.50. The number of sulfone groups is 1. The molecule has 1 amide bonds. The molecule has 0 aromatic carbocycles. The number of hydrogen-bond acceptors (Lipinski definition) is 4. The first-order chi connectivity index (χ1) is 8.43. The highest BCUT2D eigenvalue weighted by Gasteiger charge is 2.38. The summed E-state index contributed by atoms with van der Waals surface area (Å²) in [7, 11) is -2.95. The highest BCUT2D eigenvalue weighted by atomic mass is 35.5. The van der Waals surface area contributed by atoms with E-state index in [1.807, 2.05) is 6.92 Å². The minimum Gasteiger partial charge on any atom is -0.341 e. The summed E-state index contributed by atoms with van der Waals surface area (Å²) < 4.78 is 23.1. The maximum absolute atomic E-state index is 12.5. The fourth-order valence-electron chi connectivity index (χ4n) is 2.76. The number of carbonyl (C=O) groups excluding carboxylic acids is 1. The number of halogens is 1. The van der Waals surface area contributed by atoms with Crippen LogP contribution < -0.4 is 5.32 Å². The molecule has 2 aliphatic rings. The Morgan fingerprint density at radius 2 is 1.95 bits per heavy atom. The molecule has 19 heavy (non-hydrogen) atoms. The SMILES string of the molecule is CC1(C(=O)N2CCCS(=O)(=O)CC2)CCCNC1.Cl. The molecule has 0 aromatic heterocycles. The van der Waals surface area contributed by atoms with Gasteiger partial charge < -0.3 is 10.2 Å². The highest BCUT2D eigenvalue weighted by molar-refractivity contribution is 7.91. The van der Waals surface area contributed by atoms with Crippen LogP contribution in [0.2, 0.25) is 0 Å². The van der Waals surface area contributed by atoms with Gasteiger partial charge in [0.25, 0.3) is 0 Å². The number of piperidine rings is 1. The first-order valence-corrected chi connectivity index (χ1v) is 8.46. The van der Waals surface area contributed by atoms with Gasteiger partial charge >= 0.3 is 0 Å². The lowest BCUT2D eigenvalue weighted by atomic mass is 9.81. The molecule has 0 aliphatic carbocycles. The molecule has 2 aliphatic heterocycles. The van der Waals surface area contributed by atoms with Crippen LogP contribution in [0.25, 0.3) is 0 Å². The lowest BCUT2D eigenvalue weighted by Gasteiger charge is -2.37. The zero-order valence-corrected chi connectivity index (χ0v) is 13.0. The third kappa shape index (κ3) is 4.07.